The van der Waals surface area contributed by atoms with Crippen molar-refractivity contribution in [3.63, 3.8) is 0 Å². The Labute approximate surface area is 195 Å². The van der Waals surface area contributed by atoms with Gasteiger partial charge in [-0.15, -0.1) is 0 Å². The van der Waals surface area contributed by atoms with Crippen LogP contribution in [0.1, 0.15) is 54.4 Å². The lowest BCUT2D eigenvalue weighted by Gasteiger charge is -2.53. The summed E-state index contributed by atoms with van der Waals surface area (Å²) in [6.07, 6.45) is -9.24. The van der Waals surface area contributed by atoms with E-state index in [1.54, 1.807) is 0 Å². The highest BCUT2D eigenvalue weighted by Crippen LogP contribution is 2.44. The minimum Gasteiger partial charge on any atom is -0.454 e. The summed E-state index contributed by atoms with van der Waals surface area (Å²) in [5.74, 6) is -5.59. The molecule has 12 nitrogen and oxygen atoms in total. The molecule has 0 N–H and O–H groups in total. The number of alkyl halides is 1. The van der Waals surface area contributed by atoms with Crippen LogP contribution >= 0.6 is 0 Å². The van der Waals surface area contributed by atoms with Crippen LogP contribution in [-0.2, 0) is 57.2 Å². The van der Waals surface area contributed by atoms with E-state index >= 15 is 0 Å². The fraction of sp³-hybridized carbons (Fsp3) is 0.714. The van der Waals surface area contributed by atoms with Gasteiger partial charge in [-0.25, -0.2) is 0 Å². The Morgan fingerprint density at radius 2 is 0.941 bits per heavy atom. The molecule has 0 radical (unpaired) electrons. The van der Waals surface area contributed by atoms with Crippen molar-refractivity contribution in [1.29, 1.82) is 0 Å². The summed E-state index contributed by atoms with van der Waals surface area (Å²) < 4.78 is 45.4. The molecule has 1 rings (SSSR count). The molecule has 1 fully saturated rings. The SMILES string of the molecule is CC(=O)OC1C(OC(C)=O)[C@@](CCCF)(OC(C)=O)[C@@H](OC(C)=O)C(OC(C)=O)[C@H]1OC(C)=O. The van der Waals surface area contributed by atoms with Crippen LogP contribution < -0.4 is 0 Å². The summed E-state index contributed by atoms with van der Waals surface area (Å²) in [5.41, 5.74) is -2.19. The van der Waals surface area contributed by atoms with Crippen LogP contribution in [0.5, 0.6) is 0 Å². The van der Waals surface area contributed by atoms with E-state index in [0.29, 0.717) is 0 Å². The zero-order valence-corrected chi connectivity index (χ0v) is 19.8. The average Bonchev–Trinajstić information content (AvgIpc) is 2.67. The maximum Gasteiger partial charge on any atom is 0.303 e. The second-order valence-electron chi connectivity index (χ2n) is 7.62. The topological polar surface area (TPSA) is 158 Å². The lowest BCUT2D eigenvalue weighted by Crippen LogP contribution is -2.75. The summed E-state index contributed by atoms with van der Waals surface area (Å²) in [7, 11) is 0. The zero-order chi connectivity index (χ0) is 26.2. The number of rotatable bonds is 9. The highest BCUT2D eigenvalue weighted by atomic mass is 19.1. The summed E-state index contributed by atoms with van der Waals surface area (Å²) >= 11 is 0. The molecule has 0 amide bonds. The van der Waals surface area contributed by atoms with Crippen molar-refractivity contribution in [3.8, 4) is 0 Å². The predicted molar refractivity (Wildman–Crippen MR) is 107 cm³/mol. The van der Waals surface area contributed by atoms with Gasteiger partial charge in [-0.3, -0.25) is 33.2 Å². The number of hydrogen-bond donors (Lipinski definition) is 0. The van der Waals surface area contributed by atoms with Crippen molar-refractivity contribution in [2.45, 2.75) is 90.5 Å². The third kappa shape index (κ3) is 7.39. The molecule has 1 aliphatic carbocycles. The Morgan fingerprint density at radius 1 is 0.588 bits per heavy atom. The van der Waals surface area contributed by atoms with Crippen molar-refractivity contribution in [2.24, 2.45) is 0 Å². The molecule has 13 heteroatoms. The van der Waals surface area contributed by atoms with Gasteiger partial charge in [0.05, 0.1) is 6.67 Å². The van der Waals surface area contributed by atoms with Gasteiger partial charge in [0.1, 0.15) is 0 Å². The average molecular weight is 492 g/mol. The van der Waals surface area contributed by atoms with Crippen LogP contribution in [0.3, 0.4) is 0 Å². The van der Waals surface area contributed by atoms with E-state index in [1.807, 2.05) is 0 Å². The number of carbonyl (C=O) groups excluding carboxylic acids is 6. The molecule has 0 aromatic rings. The maximum absolute atomic E-state index is 13.3. The van der Waals surface area contributed by atoms with Gasteiger partial charge < -0.3 is 28.4 Å². The molecule has 192 valence electrons. The Morgan fingerprint density at radius 3 is 1.24 bits per heavy atom. The first-order valence-electron chi connectivity index (χ1n) is 10.4. The Bertz CT molecular complexity index is 766. The number of esters is 6. The van der Waals surface area contributed by atoms with Crippen LogP contribution in [-0.4, -0.2) is 78.6 Å². The third-order valence-corrected chi connectivity index (χ3v) is 4.73. The van der Waals surface area contributed by atoms with Crippen LogP contribution in [0, 0.1) is 0 Å². The van der Waals surface area contributed by atoms with E-state index in [1.165, 1.54) is 0 Å². The molecule has 0 bridgehead atoms. The number of ether oxygens (including phenoxy) is 6. The monoisotopic (exact) mass is 492 g/mol. The summed E-state index contributed by atoms with van der Waals surface area (Å²) in [4.78, 5) is 72.0. The second kappa shape index (κ2) is 12.3. The molecule has 0 heterocycles. The van der Waals surface area contributed by atoms with E-state index in [4.69, 9.17) is 28.4 Å². The zero-order valence-electron chi connectivity index (χ0n) is 19.8. The summed E-state index contributed by atoms with van der Waals surface area (Å²) in [6, 6.07) is 0. The Balaban J connectivity index is 4.00. The van der Waals surface area contributed by atoms with Gasteiger partial charge in [-0.1, -0.05) is 0 Å². The molecule has 1 aliphatic rings. The van der Waals surface area contributed by atoms with E-state index in [-0.39, 0.29) is 6.42 Å². The van der Waals surface area contributed by atoms with Crippen molar-refractivity contribution >= 4 is 35.8 Å². The molecule has 0 aliphatic heterocycles. The first-order chi connectivity index (χ1) is 15.7. The standard InChI is InChI=1S/C21H29FO12/c1-10(23)29-16-17(30-11(2)24)19(32-13(4)26)21(8-7-9-22,34-15(6)28)20(33-14(5)27)18(16)31-12(3)25/h16-20H,7-9H2,1-6H3/t16-,17?,18?,19+,20?,21+/m1/s1. The van der Waals surface area contributed by atoms with Crippen LogP contribution in [0.25, 0.3) is 0 Å². The molecule has 0 spiro atoms. The minimum atomic E-state index is -2.19. The molecule has 1 saturated carbocycles. The Hall–Kier alpha value is -3.25. The molecule has 34 heavy (non-hydrogen) atoms. The lowest BCUT2D eigenvalue weighted by molar-refractivity contribution is -0.291. The van der Waals surface area contributed by atoms with E-state index < -0.39 is 85.0 Å². The van der Waals surface area contributed by atoms with Crippen molar-refractivity contribution in [3.05, 3.63) is 0 Å². The minimum absolute atomic E-state index is 0.291. The van der Waals surface area contributed by atoms with Crippen molar-refractivity contribution in [1.82, 2.24) is 0 Å². The van der Waals surface area contributed by atoms with Gasteiger partial charge in [0.2, 0.25) is 0 Å². The van der Waals surface area contributed by atoms with Gasteiger partial charge in [0, 0.05) is 41.5 Å². The number of halogens is 1. The fourth-order valence-electron chi connectivity index (χ4n) is 3.97. The van der Waals surface area contributed by atoms with Gasteiger partial charge in [0.25, 0.3) is 0 Å². The quantitative estimate of drug-likeness (QED) is 0.328. The largest absolute Gasteiger partial charge is 0.454 e. The maximum atomic E-state index is 13.3. The first kappa shape index (κ1) is 28.8. The van der Waals surface area contributed by atoms with Crippen LogP contribution in [0.15, 0.2) is 0 Å². The van der Waals surface area contributed by atoms with E-state index in [2.05, 4.69) is 0 Å². The lowest BCUT2D eigenvalue weighted by atomic mass is 9.71. The molecule has 0 aromatic heterocycles. The molecular weight excluding hydrogens is 463 g/mol. The highest BCUT2D eigenvalue weighted by molar-refractivity contribution is 5.71. The van der Waals surface area contributed by atoms with Crippen molar-refractivity contribution < 1.29 is 61.6 Å². The molecule has 0 saturated heterocycles. The molecular formula is C21H29FO12. The van der Waals surface area contributed by atoms with Gasteiger partial charge in [-0.2, -0.15) is 0 Å². The van der Waals surface area contributed by atoms with Gasteiger partial charge >= 0.3 is 35.8 Å². The normalized spacial score (nSPS) is 28.1. The summed E-state index contributed by atoms with van der Waals surface area (Å²) in [6.45, 7) is 5.08. The van der Waals surface area contributed by atoms with Crippen LogP contribution in [0.4, 0.5) is 4.39 Å². The van der Waals surface area contributed by atoms with E-state index in [9.17, 15) is 33.2 Å². The van der Waals surface area contributed by atoms with Crippen LogP contribution in [0.2, 0.25) is 0 Å². The first-order valence-corrected chi connectivity index (χ1v) is 10.4. The summed E-state index contributed by atoms with van der Waals surface area (Å²) in [5, 5.41) is 0. The van der Waals surface area contributed by atoms with E-state index in [0.717, 1.165) is 41.5 Å². The molecule has 6 atom stereocenters. The van der Waals surface area contributed by atoms with Gasteiger partial charge in [-0.05, 0) is 12.8 Å². The smallest absolute Gasteiger partial charge is 0.303 e. The number of carbonyl (C=O) groups is 6. The van der Waals surface area contributed by atoms with Crippen molar-refractivity contribution in [2.75, 3.05) is 6.67 Å². The predicted octanol–water partition coefficient (Wildman–Crippen LogP) is 0.710. The third-order valence-electron chi connectivity index (χ3n) is 4.73. The van der Waals surface area contributed by atoms with Gasteiger partial charge in [0.15, 0.2) is 36.1 Å². The molecule has 3 unspecified atom stereocenters. The molecule has 0 aromatic carbocycles. The highest BCUT2D eigenvalue weighted by Gasteiger charge is 2.68. The fourth-order valence-corrected chi connectivity index (χ4v) is 3.97. The second-order valence-corrected chi connectivity index (χ2v) is 7.62. The number of hydrogen-bond acceptors (Lipinski definition) is 12. The Kier molecular flexibility index (Phi) is 10.4.